The summed E-state index contributed by atoms with van der Waals surface area (Å²) in [4.78, 5) is 12.1. The third-order valence-corrected chi connectivity index (χ3v) is 3.91. The molecule has 3 heteroatoms. The second kappa shape index (κ2) is 6.20. The second-order valence-corrected chi connectivity index (χ2v) is 5.67. The number of carbonyl (C=O) groups is 1. The fourth-order valence-electron chi connectivity index (χ4n) is 2.04. The molecule has 1 rings (SSSR count). The quantitative estimate of drug-likeness (QED) is 0.858. The Morgan fingerprint density at radius 2 is 2.05 bits per heavy atom. The van der Waals surface area contributed by atoms with Crippen LogP contribution in [0.25, 0.3) is 0 Å². The normalized spacial score (nSPS) is 15.7. The molecule has 0 aromatic heterocycles. The van der Waals surface area contributed by atoms with Gasteiger partial charge in [-0.25, -0.2) is 0 Å². The molecule has 3 nitrogen and oxygen atoms in total. The van der Waals surface area contributed by atoms with Crippen molar-refractivity contribution in [2.45, 2.75) is 46.6 Å². The van der Waals surface area contributed by atoms with Crippen LogP contribution in [-0.4, -0.2) is 23.2 Å². The number of carbonyl (C=O) groups excluding carboxylic acids is 1. The lowest BCUT2D eigenvalue weighted by Gasteiger charge is -2.29. The highest BCUT2D eigenvalue weighted by Gasteiger charge is 2.27. The van der Waals surface area contributed by atoms with Crippen LogP contribution in [0.3, 0.4) is 0 Å². The number of nitrogens with one attached hydrogen (secondary N) is 1. The van der Waals surface area contributed by atoms with Gasteiger partial charge < -0.3 is 10.4 Å². The minimum absolute atomic E-state index is 0.124. The van der Waals surface area contributed by atoms with Gasteiger partial charge in [-0.1, -0.05) is 38.0 Å². The number of rotatable bonds is 5. The largest absolute Gasteiger partial charge is 0.388 e. The van der Waals surface area contributed by atoms with Crippen LogP contribution >= 0.6 is 0 Å². The highest BCUT2D eigenvalue weighted by atomic mass is 16.3. The van der Waals surface area contributed by atoms with Gasteiger partial charge in [-0.3, -0.25) is 4.79 Å². The molecule has 2 N–H and O–H groups in total. The van der Waals surface area contributed by atoms with Crippen molar-refractivity contribution in [3.05, 3.63) is 34.9 Å². The van der Waals surface area contributed by atoms with Crippen molar-refractivity contribution < 1.29 is 9.90 Å². The number of benzene rings is 1. The molecule has 2 unspecified atom stereocenters. The molecule has 0 bridgehead atoms. The monoisotopic (exact) mass is 263 g/mol. The van der Waals surface area contributed by atoms with Gasteiger partial charge in [0.05, 0.1) is 5.60 Å². The molecule has 1 aromatic carbocycles. The fourth-order valence-corrected chi connectivity index (χ4v) is 2.04. The topological polar surface area (TPSA) is 49.3 Å². The molecule has 0 spiro atoms. The van der Waals surface area contributed by atoms with E-state index >= 15 is 0 Å². The molecule has 0 aliphatic heterocycles. The van der Waals surface area contributed by atoms with Crippen LogP contribution in [0.15, 0.2) is 18.2 Å². The van der Waals surface area contributed by atoms with Crippen molar-refractivity contribution in [1.82, 2.24) is 5.32 Å². The van der Waals surface area contributed by atoms with Gasteiger partial charge in [0.2, 0.25) is 0 Å². The molecule has 1 aromatic rings. The Morgan fingerprint density at radius 1 is 1.42 bits per heavy atom. The van der Waals surface area contributed by atoms with Gasteiger partial charge in [0, 0.05) is 12.1 Å². The first kappa shape index (κ1) is 15.7. The molecule has 106 valence electrons. The van der Waals surface area contributed by atoms with Gasteiger partial charge in [-0.05, 0) is 38.3 Å². The minimum atomic E-state index is -0.872. The van der Waals surface area contributed by atoms with Crippen LogP contribution in [0.4, 0.5) is 0 Å². The number of aliphatic hydroxyl groups is 1. The maximum atomic E-state index is 12.1. The van der Waals surface area contributed by atoms with Crippen molar-refractivity contribution in [3.8, 4) is 0 Å². The van der Waals surface area contributed by atoms with Crippen molar-refractivity contribution in [2.75, 3.05) is 6.54 Å². The summed E-state index contributed by atoms with van der Waals surface area (Å²) in [6, 6.07) is 5.74. The molecule has 19 heavy (non-hydrogen) atoms. The fraction of sp³-hybridized carbons (Fsp3) is 0.562. The van der Waals surface area contributed by atoms with E-state index in [9.17, 15) is 9.90 Å². The highest BCUT2D eigenvalue weighted by molar-refractivity contribution is 5.95. The molecule has 0 aliphatic carbocycles. The van der Waals surface area contributed by atoms with Crippen molar-refractivity contribution in [2.24, 2.45) is 5.92 Å². The Labute approximate surface area is 116 Å². The van der Waals surface area contributed by atoms with Crippen molar-refractivity contribution in [3.63, 3.8) is 0 Å². The molecule has 0 heterocycles. The van der Waals surface area contributed by atoms with Gasteiger partial charge in [0.15, 0.2) is 0 Å². The summed E-state index contributed by atoms with van der Waals surface area (Å²) in [5.74, 6) is 0.0213. The lowest BCUT2D eigenvalue weighted by molar-refractivity contribution is 0.00592. The molecule has 0 aliphatic rings. The smallest absolute Gasteiger partial charge is 0.251 e. The van der Waals surface area contributed by atoms with Gasteiger partial charge in [-0.2, -0.15) is 0 Å². The Bertz CT molecular complexity index is 452. The molecule has 2 atom stereocenters. The van der Waals surface area contributed by atoms with Crippen LogP contribution in [0, 0.1) is 19.8 Å². The number of aryl methyl sites for hydroxylation is 2. The van der Waals surface area contributed by atoms with E-state index < -0.39 is 5.60 Å². The van der Waals surface area contributed by atoms with Gasteiger partial charge in [0.1, 0.15) is 0 Å². The first-order valence-corrected chi connectivity index (χ1v) is 6.85. The summed E-state index contributed by atoms with van der Waals surface area (Å²) in [5.41, 5.74) is 1.90. The van der Waals surface area contributed by atoms with Crippen LogP contribution < -0.4 is 5.32 Å². The lowest BCUT2D eigenvalue weighted by atomic mass is 9.88. The van der Waals surface area contributed by atoms with E-state index in [1.54, 1.807) is 6.92 Å². The molecule has 0 fully saturated rings. The summed E-state index contributed by atoms with van der Waals surface area (Å²) < 4.78 is 0. The molecule has 0 saturated heterocycles. The Hall–Kier alpha value is -1.35. The summed E-state index contributed by atoms with van der Waals surface area (Å²) in [7, 11) is 0. The average molecular weight is 263 g/mol. The van der Waals surface area contributed by atoms with Gasteiger partial charge in [-0.15, -0.1) is 0 Å². The Balaban J connectivity index is 2.70. The molecule has 0 saturated carbocycles. The third-order valence-electron chi connectivity index (χ3n) is 3.91. The first-order chi connectivity index (χ1) is 8.77. The number of amides is 1. The first-order valence-electron chi connectivity index (χ1n) is 6.85. The zero-order valence-electron chi connectivity index (χ0n) is 12.6. The van der Waals surface area contributed by atoms with Crippen molar-refractivity contribution >= 4 is 5.91 Å². The number of hydrogen-bond acceptors (Lipinski definition) is 2. The van der Waals surface area contributed by atoms with E-state index in [0.717, 1.165) is 17.5 Å². The Kier molecular flexibility index (Phi) is 5.12. The zero-order valence-corrected chi connectivity index (χ0v) is 12.6. The number of hydrogen-bond donors (Lipinski definition) is 2. The van der Waals surface area contributed by atoms with Crippen LogP contribution in [-0.2, 0) is 0 Å². The molecule has 1 amide bonds. The Morgan fingerprint density at radius 3 is 2.58 bits per heavy atom. The molecular formula is C16H25NO2. The van der Waals surface area contributed by atoms with Gasteiger partial charge >= 0.3 is 0 Å². The van der Waals surface area contributed by atoms with E-state index in [1.807, 2.05) is 45.9 Å². The maximum absolute atomic E-state index is 12.1. The summed E-state index contributed by atoms with van der Waals surface area (Å²) in [6.07, 6.45) is 0.881. The van der Waals surface area contributed by atoms with E-state index in [0.29, 0.717) is 5.56 Å². The predicted molar refractivity (Wildman–Crippen MR) is 78.3 cm³/mol. The van der Waals surface area contributed by atoms with Gasteiger partial charge in [0.25, 0.3) is 5.91 Å². The third kappa shape index (κ3) is 4.06. The van der Waals surface area contributed by atoms with E-state index in [-0.39, 0.29) is 18.4 Å². The summed E-state index contributed by atoms with van der Waals surface area (Å²) in [5, 5.41) is 13.1. The standard InChI is InChI=1S/C16H25NO2/c1-6-13(4)16(5,19)10-17-15(18)14-8-7-11(2)9-12(14)3/h7-9,13,19H,6,10H2,1-5H3,(H,17,18). The van der Waals surface area contributed by atoms with Crippen LogP contribution in [0.1, 0.15) is 48.7 Å². The molecule has 0 radical (unpaired) electrons. The second-order valence-electron chi connectivity index (χ2n) is 5.67. The highest BCUT2D eigenvalue weighted by Crippen LogP contribution is 2.19. The van der Waals surface area contributed by atoms with E-state index in [2.05, 4.69) is 5.32 Å². The lowest BCUT2D eigenvalue weighted by Crippen LogP contribution is -2.45. The van der Waals surface area contributed by atoms with E-state index in [4.69, 9.17) is 0 Å². The van der Waals surface area contributed by atoms with Crippen LogP contribution in [0.2, 0.25) is 0 Å². The zero-order chi connectivity index (χ0) is 14.6. The average Bonchev–Trinajstić information content (AvgIpc) is 2.35. The SMILES string of the molecule is CCC(C)C(C)(O)CNC(=O)c1ccc(C)cc1C. The van der Waals surface area contributed by atoms with E-state index in [1.165, 1.54) is 0 Å². The maximum Gasteiger partial charge on any atom is 0.251 e. The van der Waals surface area contributed by atoms with Crippen LogP contribution in [0.5, 0.6) is 0 Å². The predicted octanol–water partition coefficient (Wildman–Crippen LogP) is 2.83. The molecular weight excluding hydrogens is 238 g/mol. The minimum Gasteiger partial charge on any atom is -0.388 e. The summed E-state index contributed by atoms with van der Waals surface area (Å²) >= 11 is 0. The summed E-state index contributed by atoms with van der Waals surface area (Å²) in [6.45, 7) is 9.99. The van der Waals surface area contributed by atoms with Crippen molar-refractivity contribution in [1.29, 1.82) is 0 Å².